The van der Waals surface area contributed by atoms with Crippen LogP contribution in [0.15, 0.2) is 24.3 Å². The maximum Gasteiger partial charge on any atom is 0.124 e. The topological polar surface area (TPSA) is 41.5 Å². The van der Waals surface area contributed by atoms with Crippen LogP contribution < -0.4 is 10.1 Å². The fourth-order valence-electron chi connectivity index (χ4n) is 2.39. The fourth-order valence-corrected chi connectivity index (χ4v) is 2.39. The first-order valence-corrected chi connectivity index (χ1v) is 6.32. The van der Waals surface area contributed by atoms with E-state index in [0.717, 1.165) is 24.2 Å². The predicted molar refractivity (Wildman–Crippen MR) is 68.2 cm³/mol. The molecule has 0 saturated heterocycles. The van der Waals surface area contributed by atoms with E-state index in [0.29, 0.717) is 12.6 Å². The van der Waals surface area contributed by atoms with Gasteiger partial charge in [-0.25, -0.2) is 0 Å². The van der Waals surface area contributed by atoms with Gasteiger partial charge in [-0.15, -0.1) is 0 Å². The summed E-state index contributed by atoms with van der Waals surface area (Å²) in [7, 11) is 0. The molecular formula is C14H21NO2. The number of para-hydroxylation sites is 1. The van der Waals surface area contributed by atoms with Crippen molar-refractivity contribution >= 4 is 0 Å². The van der Waals surface area contributed by atoms with Crippen molar-refractivity contribution in [2.45, 2.75) is 38.3 Å². The van der Waals surface area contributed by atoms with E-state index < -0.39 is 0 Å². The zero-order chi connectivity index (χ0) is 12.3. The average molecular weight is 235 g/mol. The number of fused-ring (bicyclic) bond motifs is 1. The molecular weight excluding hydrogens is 214 g/mol. The molecule has 17 heavy (non-hydrogen) atoms. The molecule has 2 unspecified atom stereocenters. The van der Waals surface area contributed by atoms with Gasteiger partial charge in [-0.1, -0.05) is 25.1 Å². The van der Waals surface area contributed by atoms with Crippen molar-refractivity contribution in [3.63, 3.8) is 0 Å². The van der Waals surface area contributed by atoms with Crippen LogP contribution in [0.4, 0.5) is 0 Å². The second-order valence-corrected chi connectivity index (χ2v) is 4.79. The Balaban J connectivity index is 2.35. The van der Waals surface area contributed by atoms with Gasteiger partial charge in [0.25, 0.3) is 0 Å². The number of ether oxygens (including phenoxy) is 1. The third kappa shape index (κ3) is 2.31. The monoisotopic (exact) mass is 235 g/mol. The molecule has 0 aliphatic carbocycles. The molecule has 0 spiro atoms. The van der Waals surface area contributed by atoms with Crippen LogP contribution in [0.2, 0.25) is 0 Å². The van der Waals surface area contributed by atoms with Crippen molar-refractivity contribution in [1.82, 2.24) is 5.32 Å². The summed E-state index contributed by atoms with van der Waals surface area (Å²) >= 11 is 0. The SMILES string of the molecule is CCC(C)NC1(CO)CCOc2ccccc21. The van der Waals surface area contributed by atoms with Crippen LogP contribution in [0.5, 0.6) is 5.75 Å². The van der Waals surface area contributed by atoms with E-state index in [1.165, 1.54) is 0 Å². The molecule has 1 aromatic rings. The molecule has 0 fully saturated rings. The zero-order valence-electron chi connectivity index (χ0n) is 10.6. The van der Waals surface area contributed by atoms with Crippen LogP contribution in [0.1, 0.15) is 32.3 Å². The van der Waals surface area contributed by atoms with Gasteiger partial charge in [0.1, 0.15) is 5.75 Å². The van der Waals surface area contributed by atoms with Crippen LogP contribution >= 0.6 is 0 Å². The summed E-state index contributed by atoms with van der Waals surface area (Å²) in [5.74, 6) is 0.892. The molecule has 3 nitrogen and oxygen atoms in total. The zero-order valence-corrected chi connectivity index (χ0v) is 10.6. The molecule has 1 aliphatic heterocycles. The van der Waals surface area contributed by atoms with E-state index >= 15 is 0 Å². The lowest BCUT2D eigenvalue weighted by atomic mass is 9.84. The summed E-state index contributed by atoms with van der Waals surface area (Å²) in [6.45, 7) is 5.06. The van der Waals surface area contributed by atoms with Crippen molar-refractivity contribution in [1.29, 1.82) is 0 Å². The molecule has 2 atom stereocenters. The van der Waals surface area contributed by atoms with Crippen LogP contribution in [0.25, 0.3) is 0 Å². The maximum atomic E-state index is 9.81. The molecule has 0 radical (unpaired) electrons. The third-order valence-corrected chi connectivity index (χ3v) is 3.59. The van der Waals surface area contributed by atoms with E-state index in [2.05, 4.69) is 19.2 Å². The number of aliphatic hydroxyl groups is 1. The van der Waals surface area contributed by atoms with Gasteiger partial charge >= 0.3 is 0 Å². The minimum absolute atomic E-state index is 0.109. The molecule has 1 heterocycles. The van der Waals surface area contributed by atoms with Gasteiger partial charge < -0.3 is 15.2 Å². The standard InChI is InChI=1S/C14H21NO2/c1-3-11(2)15-14(10-16)8-9-17-13-7-5-4-6-12(13)14/h4-7,11,15-16H,3,8-10H2,1-2H3. The Bertz CT molecular complexity index is 380. The lowest BCUT2D eigenvalue weighted by Crippen LogP contribution is -2.52. The summed E-state index contributed by atoms with van der Waals surface area (Å²) in [6.07, 6.45) is 1.86. The van der Waals surface area contributed by atoms with Gasteiger partial charge in [0, 0.05) is 18.0 Å². The Hall–Kier alpha value is -1.06. The molecule has 1 aromatic carbocycles. The Kier molecular flexibility index (Phi) is 3.69. The van der Waals surface area contributed by atoms with Crippen LogP contribution in [-0.4, -0.2) is 24.4 Å². The van der Waals surface area contributed by atoms with E-state index in [1.54, 1.807) is 0 Å². The first-order valence-electron chi connectivity index (χ1n) is 6.32. The number of rotatable bonds is 4. The third-order valence-electron chi connectivity index (χ3n) is 3.59. The highest BCUT2D eigenvalue weighted by atomic mass is 16.5. The van der Waals surface area contributed by atoms with Gasteiger partial charge in [0.15, 0.2) is 0 Å². The van der Waals surface area contributed by atoms with E-state index in [4.69, 9.17) is 4.74 Å². The number of hydrogen-bond donors (Lipinski definition) is 2. The number of benzene rings is 1. The van der Waals surface area contributed by atoms with Gasteiger partial charge in [0.2, 0.25) is 0 Å². The van der Waals surface area contributed by atoms with Gasteiger partial charge in [-0.2, -0.15) is 0 Å². The quantitative estimate of drug-likeness (QED) is 0.839. The van der Waals surface area contributed by atoms with Gasteiger partial charge in [-0.3, -0.25) is 0 Å². The summed E-state index contributed by atoms with van der Waals surface area (Å²) in [5.41, 5.74) is 0.735. The highest BCUT2D eigenvalue weighted by Gasteiger charge is 2.37. The molecule has 0 saturated carbocycles. The van der Waals surface area contributed by atoms with Crippen LogP contribution in [-0.2, 0) is 5.54 Å². The smallest absolute Gasteiger partial charge is 0.124 e. The van der Waals surface area contributed by atoms with Crippen LogP contribution in [0, 0.1) is 0 Å². The van der Waals surface area contributed by atoms with Crippen molar-refractivity contribution in [3.8, 4) is 5.75 Å². The summed E-state index contributed by atoms with van der Waals surface area (Å²) in [4.78, 5) is 0. The maximum absolute atomic E-state index is 9.81. The highest BCUT2D eigenvalue weighted by Crippen LogP contribution is 2.36. The Labute approximate surface area is 103 Å². The second kappa shape index (κ2) is 5.07. The first kappa shape index (κ1) is 12.4. The van der Waals surface area contributed by atoms with Crippen molar-refractivity contribution in [2.75, 3.05) is 13.2 Å². The Morgan fingerprint density at radius 2 is 2.24 bits per heavy atom. The first-order chi connectivity index (χ1) is 8.22. The molecule has 0 amide bonds. The number of aliphatic hydroxyl groups excluding tert-OH is 1. The average Bonchev–Trinajstić information content (AvgIpc) is 2.39. The highest BCUT2D eigenvalue weighted by molar-refractivity contribution is 5.41. The van der Waals surface area contributed by atoms with Gasteiger partial charge in [-0.05, 0) is 19.4 Å². The minimum atomic E-state index is -0.343. The van der Waals surface area contributed by atoms with Crippen molar-refractivity contribution in [3.05, 3.63) is 29.8 Å². The second-order valence-electron chi connectivity index (χ2n) is 4.79. The number of nitrogens with one attached hydrogen (secondary N) is 1. The van der Waals surface area contributed by atoms with Crippen molar-refractivity contribution in [2.24, 2.45) is 0 Å². The summed E-state index contributed by atoms with van der Waals surface area (Å²) in [5, 5.41) is 13.4. The van der Waals surface area contributed by atoms with Crippen LogP contribution in [0.3, 0.4) is 0 Å². The molecule has 3 heteroatoms. The normalized spacial score (nSPS) is 24.9. The van der Waals surface area contributed by atoms with Gasteiger partial charge in [0.05, 0.1) is 18.8 Å². The predicted octanol–water partition coefficient (Wildman–Crippen LogP) is 2.04. The lowest BCUT2D eigenvalue weighted by molar-refractivity contribution is 0.0976. The molecule has 2 rings (SSSR count). The molecule has 0 aromatic heterocycles. The minimum Gasteiger partial charge on any atom is -0.493 e. The van der Waals surface area contributed by atoms with E-state index in [9.17, 15) is 5.11 Å². The summed E-state index contributed by atoms with van der Waals surface area (Å²) < 4.78 is 5.64. The molecule has 94 valence electrons. The molecule has 0 bridgehead atoms. The van der Waals surface area contributed by atoms with E-state index in [1.807, 2.05) is 24.3 Å². The largest absolute Gasteiger partial charge is 0.493 e. The van der Waals surface area contributed by atoms with Crippen molar-refractivity contribution < 1.29 is 9.84 Å². The lowest BCUT2D eigenvalue weighted by Gasteiger charge is -2.40. The van der Waals surface area contributed by atoms with E-state index in [-0.39, 0.29) is 12.1 Å². The number of hydrogen-bond acceptors (Lipinski definition) is 3. The Morgan fingerprint density at radius 3 is 2.94 bits per heavy atom. The Morgan fingerprint density at radius 1 is 1.47 bits per heavy atom. The molecule has 2 N–H and O–H groups in total. The fraction of sp³-hybridized carbons (Fsp3) is 0.571. The summed E-state index contributed by atoms with van der Waals surface area (Å²) in [6, 6.07) is 8.36. The molecule has 1 aliphatic rings.